The average Bonchev–Trinajstić information content (AvgIpc) is 2.70. The van der Waals surface area contributed by atoms with Gasteiger partial charge in [-0.25, -0.2) is 0 Å². The number of nitrogens with zero attached hydrogens (tertiary/aromatic N) is 1. The molecule has 2 aliphatic rings. The first-order valence-electron chi connectivity index (χ1n) is 8.82. The molecule has 0 spiro atoms. The van der Waals surface area contributed by atoms with E-state index in [0.29, 0.717) is 24.4 Å². The molecule has 27 heavy (non-hydrogen) atoms. The minimum Gasteiger partial charge on any atom is -0.497 e. The lowest BCUT2D eigenvalue weighted by atomic mass is 9.96. The fraction of sp³-hybridized carbons (Fsp3) is 0.238. The summed E-state index contributed by atoms with van der Waals surface area (Å²) in [6.45, 7) is 0.838. The molecule has 2 heterocycles. The molecule has 0 radical (unpaired) electrons. The van der Waals surface area contributed by atoms with Crippen LogP contribution in [0.15, 0.2) is 54.1 Å². The number of ether oxygens (including phenoxy) is 2. The number of anilines is 1. The summed E-state index contributed by atoms with van der Waals surface area (Å²) in [6, 6.07) is 14.1. The maximum atomic E-state index is 13.1. The zero-order valence-corrected chi connectivity index (χ0v) is 15.0. The topological polar surface area (TPSA) is 67.9 Å². The SMILES string of the molecule is COc1cccc(NC(=O)[C@H](C2=Cc3ccccc3OC2)N2CCC2=O)c1. The van der Waals surface area contributed by atoms with Gasteiger partial charge in [0.15, 0.2) is 0 Å². The number of para-hydroxylation sites is 1. The molecule has 1 atom stereocenters. The Kier molecular flexibility index (Phi) is 4.54. The van der Waals surface area contributed by atoms with Crippen LogP contribution in [0.4, 0.5) is 5.69 Å². The predicted octanol–water partition coefficient (Wildman–Crippen LogP) is 2.71. The molecule has 1 saturated heterocycles. The highest BCUT2D eigenvalue weighted by atomic mass is 16.5. The van der Waals surface area contributed by atoms with Crippen LogP contribution in [0, 0.1) is 0 Å². The Bertz CT molecular complexity index is 922. The summed E-state index contributed by atoms with van der Waals surface area (Å²) in [5.74, 6) is 1.15. The van der Waals surface area contributed by atoms with E-state index in [1.165, 1.54) is 0 Å². The Balaban J connectivity index is 1.63. The molecule has 138 valence electrons. The van der Waals surface area contributed by atoms with Crippen molar-refractivity contribution in [1.29, 1.82) is 0 Å². The van der Waals surface area contributed by atoms with Crippen molar-refractivity contribution in [3.63, 3.8) is 0 Å². The second kappa shape index (κ2) is 7.15. The smallest absolute Gasteiger partial charge is 0.251 e. The van der Waals surface area contributed by atoms with Crippen LogP contribution in [0.1, 0.15) is 12.0 Å². The lowest BCUT2D eigenvalue weighted by Gasteiger charge is -2.39. The van der Waals surface area contributed by atoms with E-state index in [1.54, 1.807) is 36.3 Å². The number of methoxy groups -OCH3 is 1. The van der Waals surface area contributed by atoms with E-state index in [1.807, 2.05) is 30.3 Å². The van der Waals surface area contributed by atoms with E-state index in [0.717, 1.165) is 16.9 Å². The first-order chi connectivity index (χ1) is 13.2. The molecular weight excluding hydrogens is 344 g/mol. The second-order valence-electron chi connectivity index (χ2n) is 6.51. The minimum atomic E-state index is -0.689. The molecule has 6 nitrogen and oxygen atoms in total. The third kappa shape index (κ3) is 3.38. The van der Waals surface area contributed by atoms with Crippen molar-refractivity contribution in [3.05, 3.63) is 59.7 Å². The number of likely N-dealkylation sites (tertiary alicyclic amines) is 1. The first-order valence-corrected chi connectivity index (χ1v) is 8.82. The Hall–Kier alpha value is -3.28. The highest BCUT2D eigenvalue weighted by Crippen LogP contribution is 2.30. The van der Waals surface area contributed by atoms with Crippen molar-refractivity contribution in [2.75, 3.05) is 25.6 Å². The lowest BCUT2D eigenvalue weighted by Crippen LogP contribution is -2.56. The summed E-state index contributed by atoms with van der Waals surface area (Å²) >= 11 is 0. The van der Waals surface area contributed by atoms with E-state index >= 15 is 0 Å². The Morgan fingerprint density at radius 2 is 2.07 bits per heavy atom. The van der Waals surface area contributed by atoms with Gasteiger partial charge in [-0.15, -0.1) is 0 Å². The normalized spacial score (nSPS) is 16.4. The molecule has 2 aliphatic heterocycles. The van der Waals surface area contributed by atoms with Gasteiger partial charge in [0.1, 0.15) is 24.1 Å². The van der Waals surface area contributed by atoms with Gasteiger partial charge >= 0.3 is 0 Å². The number of carbonyl (C=O) groups excluding carboxylic acids is 2. The summed E-state index contributed by atoms with van der Waals surface area (Å²) < 4.78 is 11.0. The number of nitrogens with one attached hydrogen (secondary N) is 1. The highest BCUT2D eigenvalue weighted by Gasteiger charge is 2.39. The summed E-state index contributed by atoms with van der Waals surface area (Å²) in [7, 11) is 1.57. The second-order valence-corrected chi connectivity index (χ2v) is 6.51. The summed E-state index contributed by atoms with van der Waals surface area (Å²) in [4.78, 5) is 26.7. The Morgan fingerprint density at radius 1 is 1.22 bits per heavy atom. The van der Waals surface area contributed by atoms with Crippen molar-refractivity contribution >= 4 is 23.6 Å². The summed E-state index contributed by atoms with van der Waals surface area (Å²) in [6.07, 6.45) is 2.41. The Morgan fingerprint density at radius 3 is 2.81 bits per heavy atom. The van der Waals surface area contributed by atoms with Crippen LogP contribution < -0.4 is 14.8 Å². The molecule has 4 rings (SSSR count). The number of hydrogen-bond donors (Lipinski definition) is 1. The number of rotatable bonds is 5. The first kappa shape index (κ1) is 17.1. The maximum Gasteiger partial charge on any atom is 0.251 e. The van der Waals surface area contributed by atoms with Crippen LogP contribution >= 0.6 is 0 Å². The van der Waals surface area contributed by atoms with E-state index in [4.69, 9.17) is 9.47 Å². The fourth-order valence-corrected chi connectivity index (χ4v) is 3.32. The molecule has 0 saturated carbocycles. The molecule has 1 N–H and O–H groups in total. The van der Waals surface area contributed by atoms with Gasteiger partial charge in [0.2, 0.25) is 5.91 Å². The van der Waals surface area contributed by atoms with Gasteiger partial charge in [-0.05, 0) is 29.8 Å². The summed E-state index contributed by atoms with van der Waals surface area (Å²) in [5, 5.41) is 2.90. The standard InChI is InChI=1S/C21H20N2O4/c1-26-17-7-4-6-16(12-17)22-21(25)20(23-10-9-19(23)24)15-11-14-5-2-3-8-18(14)27-13-15/h2-8,11-12,20H,9-10,13H2,1H3,(H,22,25)/t20-/m0/s1. The zero-order chi connectivity index (χ0) is 18.8. The number of amides is 2. The molecule has 0 bridgehead atoms. The molecule has 6 heteroatoms. The van der Waals surface area contributed by atoms with Gasteiger partial charge in [-0.3, -0.25) is 9.59 Å². The number of benzene rings is 2. The molecule has 1 fully saturated rings. The molecule has 2 aromatic rings. The van der Waals surface area contributed by atoms with E-state index < -0.39 is 6.04 Å². The molecule has 0 unspecified atom stereocenters. The van der Waals surface area contributed by atoms with Gasteiger partial charge in [0.05, 0.1) is 7.11 Å². The quantitative estimate of drug-likeness (QED) is 0.829. The largest absolute Gasteiger partial charge is 0.497 e. The average molecular weight is 364 g/mol. The molecular formula is C21H20N2O4. The number of fused-ring (bicyclic) bond motifs is 1. The van der Waals surface area contributed by atoms with Crippen LogP contribution in [0.5, 0.6) is 11.5 Å². The van der Waals surface area contributed by atoms with Crippen LogP contribution in [0.25, 0.3) is 6.08 Å². The number of β-lactam (4-membered cyclic amide) rings is 1. The van der Waals surface area contributed by atoms with Crippen molar-refractivity contribution in [2.24, 2.45) is 0 Å². The van der Waals surface area contributed by atoms with Crippen LogP contribution in [0.2, 0.25) is 0 Å². The van der Waals surface area contributed by atoms with Gasteiger partial charge in [-0.2, -0.15) is 0 Å². The highest BCUT2D eigenvalue weighted by molar-refractivity contribution is 6.01. The number of hydrogen-bond acceptors (Lipinski definition) is 4. The van der Waals surface area contributed by atoms with Crippen LogP contribution in [-0.4, -0.2) is 43.0 Å². The maximum absolute atomic E-state index is 13.1. The van der Waals surface area contributed by atoms with Gasteiger partial charge in [0, 0.05) is 30.3 Å². The minimum absolute atomic E-state index is 0.0273. The van der Waals surface area contributed by atoms with Gasteiger partial charge in [0.25, 0.3) is 5.91 Å². The van der Waals surface area contributed by atoms with E-state index in [-0.39, 0.29) is 18.4 Å². The third-order valence-electron chi connectivity index (χ3n) is 4.79. The van der Waals surface area contributed by atoms with Crippen molar-refractivity contribution in [1.82, 2.24) is 4.90 Å². The molecule has 2 amide bonds. The molecule has 2 aromatic carbocycles. The zero-order valence-electron chi connectivity index (χ0n) is 15.0. The van der Waals surface area contributed by atoms with Crippen LogP contribution in [0.3, 0.4) is 0 Å². The van der Waals surface area contributed by atoms with E-state index in [9.17, 15) is 9.59 Å². The molecule has 0 aliphatic carbocycles. The monoisotopic (exact) mass is 364 g/mol. The predicted molar refractivity (Wildman–Crippen MR) is 102 cm³/mol. The lowest BCUT2D eigenvalue weighted by molar-refractivity contribution is -0.145. The van der Waals surface area contributed by atoms with Crippen molar-refractivity contribution in [3.8, 4) is 11.5 Å². The number of carbonyl (C=O) groups is 2. The van der Waals surface area contributed by atoms with Crippen molar-refractivity contribution in [2.45, 2.75) is 12.5 Å². The fourth-order valence-electron chi connectivity index (χ4n) is 3.32. The van der Waals surface area contributed by atoms with Crippen LogP contribution in [-0.2, 0) is 9.59 Å². The third-order valence-corrected chi connectivity index (χ3v) is 4.79. The molecule has 0 aromatic heterocycles. The summed E-state index contributed by atoms with van der Waals surface area (Å²) in [5.41, 5.74) is 2.29. The van der Waals surface area contributed by atoms with Gasteiger partial charge < -0.3 is 19.7 Å². The van der Waals surface area contributed by atoms with Gasteiger partial charge in [-0.1, -0.05) is 24.3 Å². The van der Waals surface area contributed by atoms with Crippen molar-refractivity contribution < 1.29 is 19.1 Å². The Labute approximate surface area is 157 Å². The van der Waals surface area contributed by atoms with E-state index in [2.05, 4.69) is 5.32 Å².